The summed E-state index contributed by atoms with van der Waals surface area (Å²) in [4.78, 5) is 49.7. The van der Waals surface area contributed by atoms with Gasteiger partial charge in [0.2, 0.25) is 11.8 Å². The number of likely N-dealkylation sites (tertiary alicyclic amines) is 1. The molecule has 0 saturated carbocycles. The first-order valence-corrected chi connectivity index (χ1v) is 18.7. The molecule has 0 aromatic heterocycles. The highest BCUT2D eigenvalue weighted by Gasteiger charge is 2.76. The second-order valence-corrected chi connectivity index (χ2v) is 16.3. The lowest BCUT2D eigenvalue weighted by Crippen LogP contribution is -2.58. The Morgan fingerprint density at radius 2 is 1.81 bits per heavy atom. The molecule has 258 valence electrons. The average molecular weight is 759 g/mol. The Morgan fingerprint density at radius 3 is 2.40 bits per heavy atom. The number of rotatable bonds is 14. The number of aryl methyl sites for hydroxylation is 1. The molecule has 1 spiro atoms. The summed E-state index contributed by atoms with van der Waals surface area (Å²) in [5, 5.41) is 10.9. The number of hydrogen-bond acceptors (Lipinski definition) is 6. The number of ether oxygens (including phenoxy) is 1. The maximum absolute atomic E-state index is 15.1. The van der Waals surface area contributed by atoms with Crippen LogP contribution in [0.5, 0.6) is 5.75 Å². The number of carbonyl (C=O) groups is 3. The van der Waals surface area contributed by atoms with Crippen molar-refractivity contribution in [3.8, 4) is 5.75 Å². The van der Waals surface area contributed by atoms with Gasteiger partial charge in [-0.25, -0.2) is 0 Å². The van der Waals surface area contributed by atoms with Crippen molar-refractivity contribution in [2.24, 2.45) is 17.8 Å². The molecule has 11 heteroatoms. The SMILES string of the molecule is C=CCN(C(=O)[C@H]1[C@@H]2SC3(CC2Br)C(C(=O)N(CC=C)c2c(C)cccc2Cl)N([C@@H](CO)CC(C)C)C(=O)[C@H]13)c1ccc(OCC)cc1. The molecule has 3 unspecified atom stereocenters. The van der Waals surface area contributed by atoms with Crippen molar-refractivity contribution < 1.29 is 24.2 Å². The number of hydrogen-bond donors (Lipinski definition) is 1. The van der Waals surface area contributed by atoms with Crippen molar-refractivity contribution in [1.29, 1.82) is 0 Å². The average Bonchev–Trinajstić information content (AvgIpc) is 3.65. The molecule has 3 fully saturated rings. The van der Waals surface area contributed by atoms with E-state index in [1.807, 2.05) is 64.1 Å². The molecule has 2 bridgehead atoms. The van der Waals surface area contributed by atoms with Crippen LogP contribution in [0, 0.1) is 24.7 Å². The van der Waals surface area contributed by atoms with Gasteiger partial charge in [-0.2, -0.15) is 0 Å². The summed E-state index contributed by atoms with van der Waals surface area (Å²) in [5.74, 6) is -1.38. The Morgan fingerprint density at radius 1 is 1.15 bits per heavy atom. The minimum atomic E-state index is -0.937. The van der Waals surface area contributed by atoms with E-state index in [9.17, 15) is 14.7 Å². The van der Waals surface area contributed by atoms with E-state index < -0.39 is 28.7 Å². The summed E-state index contributed by atoms with van der Waals surface area (Å²) in [6.45, 7) is 16.3. The first-order valence-electron chi connectivity index (χ1n) is 16.5. The molecule has 3 saturated heterocycles. The van der Waals surface area contributed by atoms with E-state index >= 15 is 4.79 Å². The van der Waals surface area contributed by atoms with E-state index in [0.717, 1.165) is 5.56 Å². The van der Waals surface area contributed by atoms with Gasteiger partial charge >= 0.3 is 0 Å². The van der Waals surface area contributed by atoms with Crippen LogP contribution in [0.2, 0.25) is 5.02 Å². The number of aliphatic hydroxyl groups excluding tert-OH is 1. The summed E-state index contributed by atoms with van der Waals surface area (Å²) in [7, 11) is 0. The number of fused-ring (bicyclic) bond motifs is 1. The highest BCUT2D eigenvalue weighted by atomic mass is 79.9. The molecular formula is C37H45BrClN3O5S. The lowest BCUT2D eigenvalue weighted by atomic mass is 9.70. The van der Waals surface area contributed by atoms with Crippen LogP contribution in [-0.4, -0.2) is 80.9 Å². The third kappa shape index (κ3) is 6.34. The Bertz CT molecular complexity index is 1540. The molecule has 3 aliphatic heterocycles. The molecule has 3 amide bonds. The number of anilines is 2. The van der Waals surface area contributed by atoms with Gasteiger partial charge in [0.1, 0.15) is 11.8 Å². The summed E-state index contributed by atoms with van der Waals surface area (Å²) < 4.78 is 4.71. The second-order valence-electron chi connectivity index (χ2n) is 13.2. The second kappa shape index (κ2) is 15.0. The lowest BCUT2D eigenvalue weighted by molar-refractivity contribution is -0.142. The highest BCUT2D eigenvalue weighted by Crippen LogP contribution is 2.68. The number of alkyl halides is 1. The number of halogens is 2. The number of carbonyl (C=O) groups excluding carboxylic acids is 3. The maximum Gasteiger partial charge on any atom is 0.251 e. The van der Waals surface area contributed by atoms with Gasteiger partial charge in [-0.15, -0.1) is 24.9 Å². The van der Waals surface area contributed by atoms with Gasteiger partial charge in [0.15, 0.2) is 0 Å². The highest BCUT2D eigenvalue weighted by molar-refractivity contribution is 9.09. The lowest BCUT2D eigenvalue weighted by Gasteiger charge is -2.40. The number of aliphatic hydroxyl groups is 1. The standard InChI is InChI=1S/C37H45BrClN3O5S/c1-7-17-40(24-13-15-26(16-14-24)47-9-3)34(44)29-30-35(45)42(25(21-43)19-22(4)5)33(37(30)20-27(38)32(29)48-37)36(46)41(18-8-2)31-23(6)11-10-12-28(31)39/h7-8,10-16,22,25,27,29-30,32-33,43H,1-2,9,17-21H2,3-6H3/t25-,27?,29-,30+,32-,33?,37?/m1/s1. The van der Waals surface area contributed by atoms with Crippen LogP contribution in [0.1, 0.15) is 39.2 Å². The van der Waals surface area contributed by atoms with Crippen LogP contribution in [-0.2, 0) is 14.4 Å². The topological polar surface area (TPSA) is 90.4 Å². The van der Waals surface area contributed by atoms with E-state index in [1.54, 1.807) is 44.7 Å². The van der Waals surface area contributed by atoms with E-state index in [1.165, 1.54) is 0 Å². The van der Waals surface area contributed by atoms with Crippen molar-refractivity contribution in [2.75, 3.05) is 36.1 Å². The van der Waals surface area contributed by atoms with Gasteiger partial charge in [0, 0.05) is 28.9 Å². The Labute approximate surface area is 301 Å². The minimum Gasteiger partial charge on any atom is -0.494 e. The van der Waals surface area contributed by atoms with Gasteiger partial charge in [-0.05, 0) is 68.5 Å². The van der Waals surface area contributed by atoms with Crippen LogP contribution in [0.3, 0.4) is 0 Å². The normalized spacial score (nSPS) is 26.4. The molecule has 8 nitrogen and oxygen atoms in total. The van der Waals surface area contributed by atoms with Gasteiger partial charge < -0.3 is 24.5 Å². The predicted octanol–water partition coefficient (Wildman–Crippen LogP) is 6.66. The van der Waals surface area contributed by atoms with Crippen molar-refractivity contribution in [3.05, 3.63) is 78.4 Å². The fourth-order valence-electron chi connectivity index (χ4n) is 7.90. The fourth-order valence-corrected chi connectivity index (χ4v) is 11.8. The van der Waals surface area contributed by atoms with Crippen molar-refractivity contribution in [3.63, 3.8) is 0 Å². The monoisotopic (exact) mass is 757 g/mol. The first kappa shape index (κ1) is 36.5. The third-order valence-electron chi connectivity index (χ3n) is 9.67. The molecule has 7 atom stereocenters. The zero-order valence-electron chi connectivity index (χ0n) is 28.0. The van der Waals surface area contributed by atoms with Gasteiger partial charge in [-0.1, -0.05) is 65.7 Å². The van der Waals surface area contributed by atoms with Crippen LogP contribution >= 0.6 is 39.3 Å². The molecule has 2 aromatic rings. The minimum absolute atomic E-state index is 0.116. The van der Waals surface area contributed by atoms with Crippen LogP contribution in [0.4, 0.5) is 11.4 Å². The van der Waals surface area contributed by atoms with E-state index in [-0.39, 0.29) is 53.4 Å². The van der Waals surface area contributed by atoms with Crippen LogP contribution < -0.4 is 14.5 Å². The number of benzene rings is 2. The smallest absolute Gasteiger partial charge is 0.251 e. The quantitative estimate of drug-likeness (QED) is 0.171. The zero-order chi connectivity index (χ0) is 34.9. The Kier molecular flexibility index (Phi) is 11.4. The summed E-state index contributed by atoms with van der Waals surface area (Å²) >= 11 is 12.2. The van der Waals surface area contributed by atoms with Gasteiger partial charge in [0.25, 0.3) is 5.91 Å². The van der Waals surface area contributed by atoms with Gasteiger partial charge in [0.05, 0.1) is 46.5 Å². The predicted molar refractivity (Wildman–Crippen MR) is 198 cm³/mol. The fraction of sp³-hybridized carbons (Fsp3) is 0.486. The van der Waals surface area contributed by atoms with Crippen molar-refractivity contribution in [2.45, 2.75) is 67.4 Å². The summed E-state index contributed by atoms with van der Waals surface area (Å²) in [6, 6.07) is 11.3. The maximum atomic E-state index is 15.1. The van der Waals surface area contributed by atoms with Crippen LogP contribution in [0.15, 0.2) is 67.8 Å². The van der Waals surface area contributed by atoms with E-state index in [2.05, 4.69) is 29.1 Å². The molecule has 2 aromatic carbocycles. The number of amides is 3. The Balaban J connectivity index is 1.63. The first-order chi connectivity index (χ1) is 22.9. The van der Waals surface area contributed by atoms with Gasteiger partial charge in [-0.3, -0.25) is 14.4 Å². The number of thioether (sulfide) groups is 1. The van der Waals surface area contributed by atoms with Crippen molar-refractivity contribution in [1.82, 2.24) is 4.90 Å². The van der Waals surface area contributed by atoms with Crippen molar-refractivity contribution >= 4 is 68.4 Å². The summed E-state index contributed by atoms with van der Waals surface area (Å²) in [5.41, 5.74) is 2.05. The number of nitrogens with zero attached hydrogens (tertiary/aromatic N) is 3. The van der Waals surface area contributed by atoms with E-state index in [0.29, 0.717) is 41.6 Å². The molecule has 48 heavy (non-hydrogen) atoms. The Hall–Kier alpha value is -2.79. The summed E-state index contributed by atoms with van der Waals surface area (Å²) in [6.07, 6.45) is 4.34. The third-order valence-corrected chi connectivity index (χ3v) is 13.2. The molecule has 0 radical (unpaired) electrons. The zero-order valence-corrected chi connectivity index (χ0v) is 31.1. The molecule has 3 aliphatic rings. The molecule has 0 aliphatic carbocycles. The largest absolute Gasteiger partial charge is 0.494 e. The molecular weight excluding hydrogens is 714 g/mol. The molecule has 3 heterocycles. The molecule has 5 rings (SSSR count). The van der Waals surface area contributed by atoms with E-state index in [4.69, 9.17) is 16.3 Å². The van der Waals surface area contributed by atoms with Crippen LogP contribution in [0.25, 0.3) is 0 Å². The molecule has 1 N–H and O–H groups in total. The number of para-hydroxylation sites is 1.